The molecule has 2 aliphatic carbocycles. The molecule has 0 amide bonds. The van der Waals surface area contributed by atoms with E-state index in [1.54, 1.807) is 0 Å². The molecular formula is C11H12. The van der Waals surface area contributed by atoms with Crippen molar-refractivity contribution in [2.45, 2.75) is 25.1 Å². The molecule has 11 heavy (non-hydrogen) atoms. The largest absolute Gasteiger partial charge is 0.0622 e. The molecule has 1 aromatic rings. The van der Waals surface area contributed by atoms with Gasteiger partial charge in [-0.1, -0.05) is 30.3 Å². The molecule has 3 rings (SSSR count). The Morgan fingerprint density at radius 2 is 2.09 bits per heavy atom. The molecule has 2 aliphatic rings. The van der Waals surface area contributed by atoms with E-state index in [-0.39, 0.29) is 5.41 Å². The van der Waals surface area contributed by atoms with Crippen molar-refractivity contribution in [3.63, 3.8) is 0 Å². The molecule has 56 valence electrons. The van der Waals surface area contributed by atoms with Crippen LogP contribution in [0.15, 0.2) is 30.3 Å². The minimum Gasteiger partial charge on any atom is -0.0622 e. The van der Waals surface area contributed by atoms with Crippen LogP contribution < -0.4 is 0 Å². The van der Waals surface area contributed by atoms with Crippen molar-refractivity contribution in [2.75, 3.05) is 0 Å². The maximum Gasteiger partial charge on any atom is 0.0273 e. The van der Waals surface area contributed by atoms with Crippen molar-refractivity contribution in [3.8, 4) is 0 Å². The third kappa shape index (κ3) is 0.756. The highest BCUT2D eigenvalue weighted by atomic mass is 14.7. The lowest BCUT2D eigenvalue weighted by molar-refractivity contribution is 0.840. The molecule has 0 N–H and O–H groups in total. The summed E-state index contributed by atoms with van der Waals surface area (Å²) in [6, 6.07) is 10.3. The van der Waals surface area contributed by atoms with Crippen molar-refractivity contribution in [3.05, 3.63) is 35.9 Å². The van der Waals surface area contributed by atoms with E-state index in [1.807, 2.05) is 18.2 Å². The fourth-order valence-corrected chi connectivity index (χ4v) is 1.93. The molecule has 2 saturated carbocycles. The molecule has 0 aromatic heterocycles. The van der Waals surface area contributed by atoms with Gasteiger partial charge < -0.3 is 0 Å². The Hall–Kier alpha value is -0.780. The lowest BCUT2D eigenvalue weighted by Gasteiger charge is -1.95. The smallest absolute Gasteiger partial charge is 0.0273 e. The number of hydrogen-bond donors (Lipinski definition) is 0. The Bertz CT molecular complexity index is 344. The average molecular weight is 146 g/mol. The minimum absolute atomic E-state index is 0.0500. The highest BCUT2D eigenvalue weighted by Gasteiger charge is 2.62. The summed E-state index contributed by atoms with van der Waals surface area (Å²) in [4.78, 5) is 0. The molecule has 0 radical (unpaired) electrons. The minimum atomic E-state index is -0.868. The molecule has 2 fully saturated rings. The van der Waals surface area contributed by atoms with E-state index in [0.29, 0.717) is 5.92 Å². The van der Waals surface area contributed by atoms with Crippen molar-refractivity contribution < 1.29 is 2.74 Å². The summed E-state index contributed by atoms with van der Waals surface area (Å²) >= 11 is 0. The van der Waals surface area contributed by atoms with E-state index in [0.717, 1.165) is 12.8 Å². The van der Waals surface area contributed by atoms with Crippen LogP contribution in [0.3, 0.4) is 0 Å². The SMILES string of the molecule is [2H]C1([2H])C[C@]12C[C@H]2c1ccccc1. The van der Waals surface area contributed by atoms with Gasteiger partial charge in [-0.3, -0.25) is 0 Å². The fourth-order valence-electron chi connectivity index (χ4n) is 1.93. The summed E-state index contributed by atoms with van der Waals surface area (Å²) in [7, 11) is 0. The van der Waals surface area contributed by atoms with Gasteiger partial charge in [0.1, 0.15) is 0 Å². The summed E-state index contributed by atoms with van der Waals surface area (Å²) in [5.41, 5.74) is 1.37. The monoisotopic (exact) mass is 146 g/mol. The van der Waals surface area contributed by atoms with Gasteiger partial charge in [-0.25, -0.2) is 0 Å². The molecular weight excluding hydrogens is 132 g/mol. The maximum absolute atomic E-state index is 7.66. The van der Waals surface area contributed by atoms with Crippen LogP contribution in [0.25, 0.3) is 0 Å². The molecule has 2 atom stereocenters. The van der Waals surface area contributed by atoms with Crippen molar-refractivity contribution >= 4 is 0 Å². The van der Waals surface area contributed by atoms with Crippen LogP contribution in [-0.2, 0) is 0 Å². The van der Waals surface area contributed by atoms with Gasteiger partial charge in [-0.2, -0.15) is 0 Å². The highest BCUT2D eigenvalue weighted by Crippen LogP contribution is 2.74. The molecule has 0 unspecified atom stereocenters. The van der Waals surface area contributed by atoms with E-state index in [4.69, 9.17) is 2.74 Å². The normalized spacial score (nSPS) is 46.4. The Balaban J connectivity index is 1.86. The Morgan fingerprint density at radius 3 is 2.64 bits per heavy atom. The van der Waals surface area contributed by atoms with E-state index in [2.05, 4.69) is 12.1 Å². The van der Waals surface area contributed by atoms with Gasteiger partial charge in [0, 0.05) is 2.74 Å². The first-order chi connectivity index (χ1) is 6.16. The molecule has 0 nitrogen and oxygen atoms in total. The second-order valence-electron chi connectivity index (χ2n) is 3.68. The standard InChI is InChI=1S/C11H12/c1-2-4-9(5-3-1)10-8-11(10)6-7-11/h1-5,10H,6-8H2/t10-/m0/s1/i6D2/t10-,11-. The molecule has 1 aromatic carbocycles. The molecule has 0 saturated heterocycles. The second-order valence-corrected chi connectivity index (χ2v) is 3.68. The Morgan fingerprint density at radius 1 is 1.36 bits per heavy atom. The van der Waals surface area contributed by atoms with Crippen LogP contribution in [0.1, 0.15) is 33.4 Å². The molecule has 0 heteroatoms. The van der Waals surface area contributed by atoms with E-state index >= 15 is 0 Å². The maximum atomic E-state index is 7.66. The first-order valence-electron chi connectivity index (χ1n) is 5.21. The first-order valence-corrected chi connectivity index (χ1v) is 4.21. The van der Waals surface area contributed by atoms with Gasteiger partial charge in [0.05, 0.1) is 0 Å². The third-order valence-electron chi connectivity index (χ3n) is 2.91. The quantitative estimate of drug-likeness (QED) is 0.571. The Labute approximate surface area is 70.1 Å². The molecule has 1 spiro atoms. The highest BCUT2D eigenvalue weighted by molar-refractivity contribution is 5.33. The number of hydrogen-bond acceptors (Lipinski definition) is 0. The van der Waals surface area contributed by atoms with Gasteiger partial charge >= 0.3 is 0 Å². The predicted molar refractivity (Wildman–Crippen MR) is 45.5 cm³/mol. The first kappa shape index (κ1) is 4.30. The molecule has 0 heterocycles. The summed E-state index contributed by atoms with van der Waals surface area (Å²) in [6.45, 7) is 0. The summed E-state index contributed by atoms with van der Waals surface area (Å²) in [5.74, 6) is 0.503. The van der Waals surface area contributed by atoms with Crippen molar-refractivity contribution in [2.24, 2.45) is 5.41 Å². The number of rotatable bonds is 1. The predicted octanol–water partition coefficient (Wildman–Crippen LogP) is 2.95. The van der Waals surface area contributed by atoms with Crippen molar-refractivity contribution in [1.82, 2.24) is 0 Å². The van der Waals surface area contributed by atoms with Gasteiger partial charge in [0.2, 0.25) is 0 Å². The van der Waals surface area contributed by atoms with Crippen LogP contribution in [0.4, 0.5) is 0 Å². The Kier molecular flexibility index (Phi) is 0.659. The van der Waals surface area contributed by atoms with Gasteiger partial charge in [-0.15, -0.1) is 0 Å². The van der Waals surface area contributed by atoms with E-state index in [1.165, 1.54) is 5.56 Å². The third-order valence-corrected chi connectivity index (χ3v) is 2.91. The molecule has 0 bridgehead atoms. The number of benzene rings is 1. The zero-order valence-corrected chi connectivity index (χ0v) is 6.38. The van der Waals surface area contributed by atoms with Gasteiger partial charge in [-0.05, 0) is 36.1 Å². The average Bonchev–Trinajstić information content (AvgIpc) is 2.93. The second kappa shape index (κ2) is 1.69. The summed E-state index contributed by atoms with van der Waals surface area (Å²) in [6.07, 6.45) is 0.969. The fraction of sp³-hybridized carbons (Fsp3) is 0.455. The zero-order chi connectivity index (χ0) is 9.10. The van der Waals surface area contributed by atoms with Crippen LogP contribution >= 0.6 is 0 Å². The summed E-state index contributed by atoms with van der Waals surface area (Å²) < 4.78 is 15.3. The van der Waals surface area contributed by atoms with Crippen LogP contribution in [0.2, 0.25) is 0 Å². The van der Waals surface area contributed by atoms with Crippen LogP contribution in [0.5, 0.6) is 0 Å². The van der Waals surface area contributed by atoms with E-state index in [9.17, 15) is 0 Å². The van der Waals surface area contributed by atoms with Gasteiger partial charge in [0.25, 0.3) is 0 Å². The van der Waals surface area contributed by atoms with Crippen LogP contribution in [-0.4, -0.2) is 0 Å². The zero-order valence-electron chi connectivity index (χ0n) is 8.38. The van der Waals surface area contributed by atoms with Crippen LogP contribution in [0, 0.1) is 5.41 Å². The lowest BCUT2D eigenvalue weighted by atomic mass is 10.1. The van der Waals surface area contributed by atoms with Gasteiger partial charge in [0.15, 0.2) is 0 Å². The lowest BCUT2D eigenvalue weighted by Crippen LogP contribution is -1.79. The molecule has 0 aliphatic heterocycles. The summed E-state index contributed by atoms with van der Waals surface area (Å²) in [5, 5.41) is 0. The topological polar surface area (TPSA) is 0 Å². The van der Waals surface area contributed by atoms with E-state index < -0.39 is 6.37 Å². The van der Waals surface area contributed by atoms with Crippen molar-refractivity contribution in [1.29, 1.82) is 0 Å².